The Hall–Kier alpha value is -3.38. The monoisotopic (exact) mass is 507 g/mol. The van der Waals surface area contributed by atoms with Crippen LogP contribution in [0.5, 0.6) is 5.75 Å². The van der Waals surface area contributed by atoms with Gasteiger partial charge in [-0.1, -0.05) is 0 Å². The van der Waals surface area contributed by atoms with Gasteiger partial charge in [0.1, 0.15) is 28.6 Å². The van der Waals surface area contributed by atoms with Crippen LogP contribution in [0.4, 0.5) is 13.2 Å². The average molecular weight is 507 g/mol. The van der Waals surface area contributed by atoms with E-state index in [-0.39, 0.29) is 24.9 Å². The van der Waals surface area contributed by atoms with E-state index in [2.05, 4.69) is 5.32 Å². The fraction of sp³-hybridized carbons (Fsp3) is 0.458. The van der Waals surface area contributed by atoms with Crippen LogP contribution in [0.1, 0.15) is 52.2 Å². The molecule has 2 N–H and O–H groups in total. The van der Waals surface area contributed by atoms with E-state index in [9.17, 15) is 32.7 Å². The van der Waals surface area contributed by atoms with Crippen molar-refractivity contribution in [2.75, 3.05) is 26.4 Å². The molecular formula is C24H24F3N3O6. The van der Waals surface area contributed by atoms with Crippen molar-refractivity contribution < 1.29 is 37.3 Å². The van der Waals surface area contributed by atoms with Gasteiger partial charge < -0.3 is 29.4 Å². The van der Waals surface area contributed by atoms with Crippen LogP contribution in [0.3, 0.4) is 0 Å². The van der Waals surface area contributed by atoms with Crippen molar-refractivity contribution in [3.8, 4) is 5.75 Å². The second-order valence-corrected chi connectivity index (χ2v) is 9.33. The number of hydrogen-bond acceptors (Lipinski definition) is 6. The maximum atomic E-state index is 14.0. The van der Waals surface area contributed by atoms with Gasteiger partial charge in [-0.15, -0.1) is 0 Å². The largest absolute Gasteiger partial charge is 0.503 e. The zero-order chi connectivity index (χ0) is 25.8. The number of hydrogen-bond donors (Lipinski definition) is 2. The van der Waals surface area contributed by atoms with Crippen molar-refractivity contribution in [2.24, 2.45) is 0 Å². The maximum Gasteiger partial charge on any atom is 0.274 e. The van der Waals surface area contributed by atoms with Crippen LogP contribution in [0.25, 0.3) is 0 Å². The molecule has 4 heterocycles. The smallest absolute Gasteiger partial charge is 0.274 e. The lowest BCUT2D eigenvalue weighted by molar-refractivity contribution is -0.182. The van der Waals surface area contributed by atoms with Gasteiger partial charge in [0, 0.05) is 43.0 Å². The predicted octanol–water partition coefficient (Wildman–Crippen LogP) is 1.87. The zero-order valence-electron chi connectivity index (χ0n) is 19.4. The minimum atomic E-state index is -1.20. The molecule has 0 aliphatic carbocycles. The van der Waals surface area contributed by atoms with Crippen molar-refractivity contribution in [3.63, 3.8) is 0 Å². The van der Waals surface area contributed by atoms with Crippen molar-refractivity contribution in [2.45, 2.75) is 44.0 Å². The number of ether oxygens (including phenoxy) is 2. The van der Waals surface area contributed by atoms with Crippen LogP contribution in [0.2, 0.25) is 0 Å². The first kappa shape index (κ1) is 24.3. The first-order chi connectivity index (χ1) is 17.1. The van der Waals surface area contributed by atoms with E-state index in [0.717, 1.165) is 0 Å². The molecule has 1 aromatic carbocycles. The highest BCUT2D eigenvalue weighted by Crippen LogP contribution is 2.43. The molecule has 192 valence electrons. The topological polar surface area (TPSA) is 110 Å². The van der Waals surface area contributed by atoms with E-state index in [1.807, 2.05) is 6.92 Å². The van der Waals surface area contributed by atoms with Gasteiger partial charge >= 0.3 is 0 Å². The summed E-state index contributed by atoms with van der Waals surface area (Å²) in [5, 5.41) is 13.0. The molecular weight excluding hydrogens is 483 g/mol. The van der Waals surface area contributed by atoms with E-state index in [0.29, 0.717) is 38.2 Å². The molecule has 2 saturated heterocycles. The van der Waals surface area contributed by atoms with Crippen molar-refractivity contribution in [3.05, 3.63) is 62.8 Å². The maximum absolute atomic E-state index is 14.0. The molecule has 2 bridgehead atoms. The van der Waals surface area contributed by atoms with E-state index in [1.165, 1.54) is 10.8 Å². The third-order valence-corrected chi connectivity index (χ3v) is 7.24. The third-order valence-electron chi connectivity index (χ3n) is 7.24. The molecule has 0 radical (unpaired) electrons. The minimum absolute atomic E-state index is 0.184. The summed E-state index contributed by atoms with van der Waals surface area (Å²) in [6, 6.07) is 0.192. The van der Waals surface area contributed by atoms with Crippen molar-refractivity contribution in [1.82, 2.24) is 14.8 Å². The highest BCUT2D eigenvalue weighted by Gasteiger charge is 2.51. The zero-order valence-corrected chi connectivity index (χ0v) is 19.4. The summed E-state index contributed by atoms with van der Waals surface area (Å²) >= 11 is 0. The quantitative estimate of drug-likeness (QED) is 0.657. The van der Waals surface area contributed by atoms with E-state index in [4.69, 9.17) is 9.47 Å². The van der Waals surface area contributed by atoms with Gasteiger partial charge in [-0.25, -0.2) is 13.2 Å². The predicted molar refractivity (Wildman–Crippen MR) is 118 cm³/mol. The van der Waals surface area contributed by atoms with E-state index >= 15 is 0 Å². The normalized spacial score (nSPS) is 25.4. The van der Waals surface area contributed by atoms with Crippen LogP contribution in [-0.4, -0.2) is 64.4 Å². The summed E-state index contributed by atoms with van der Waals surface area (Å²) in [6.07, 6.45) is 2.31. The summed E-state index contributed by atoms with van der Waals surface area (Å²) < 4.78 is 54.4. The molecule has 9 nitrogen and oxygen atoms in total. The first-order valence-electron chi connectivity index (χ1n) is 11.6. The summed E-state index contributed by atoms with van der Waals surface area (Å²) in [5.74, 6) is -6.00. The Bertz CT molecular complexity index is 1280. The number of fused-ring (bicyclic) bond motifs is 5. The van der Waals surface area contributed by atoms with Gasteiger partial charge in [0.15, 0.2) is 11.4 Å². The van der Waals surface area contributed by atoms with Crippen LogP contribution >= 0.6 is 0 Å². The number of carbonyl (C=O) groups is 2. The number of pyridine rings is 1. The summed E-state index contributed by atoms with van der Waals surface area (Å²) in [6.45, 7) is 2.36. The lowest BCUT2D eigenvalue weighted by Gasteiger charge is -2.46. The summed E-state index contributed by atoms with van der Waals surface area (Å²) in [5.41, 5.74) is -3.33. The Morgan fingerprint density at radius 2 is 1.94 bits per heavy atom. The number of nitrogens with one attached hydrogen (secondary N) is 1. The fourth-order valence-corrected chi connectivity index (χ4v) is 5.24. The number of aromatic hydroxyl groups is 1. The molecule has 0 unspecified atom stereocenters. The fourth-order valence-electron chi connectivity index (χ4n) is 5.24. The van der Waals surface area contributed by atoms with Crippen molar-refractivity contribution in [1.29, 1.82) is 0 Å². The highest BCUT2D eigenvalue weighted by molar-refractivity contribution is 5.99. The number of benzene rings is 1. The van der Waals surface area contributed by atoms with Crippen LogP contribution in [-0.2, 0) is 16.0 Å². The number of carbonyl (C=O) groups excluding carboxylic acids is 2. The molecule has 36 heavy (non-hydrogen) atoms. The second kappa shape index (κ2) is 8.93. The van der Waals surface area contributed by atoms with Crippen LogP contribution in [0, 0.1) is 17.5 Å². The minimum Gasteiger partial charge on any atom is -0.503 e. The molecule has 3 aliphatic rings. The Kier molecular flexibility index (Phi) is 6.03. The lowest BCUT2D eigenvalue weighted by atomic mass is 9.88. The van der Waals surface area contributed by atoms with Gasteiger partial charge in [0.05, 0.1) is 25.9 Å². The molecule has 2 amide bonds. The molecule has 3 aliphatic heterocycles. The van der Waals surface area contributed by atoms with Crippen LogP contribution in [0.15, 0.2) is 23.1 Å². The van der Waals surface area contributed by atoms with Gasteiger partial charge in [-0.05, 0) is 19.8 Å². The molecule has 1 spiro atoms. The third kappa shape index (κ3) is 3.84. The lowest BCUT2D eigenvalue weighted by Crippen LogP contribution is -2.56. The molecule has 2 aromatic rings. The number of rotatable bonds is 3. The number of amides is 2. The van der Waals surface area contributed by atoms with Gasteiger partial charge in [-0.2, -0.15) is 0 Å². The first-order valence-corrected chi connectivity index (χ1v) is 11.6. The van der Waals surface area contributed by atoms with Crippen molar-refractivity contribution >= 4 is 11.8 Å². The standard InChI is InChI=1S/C24H24F3N3O6/c1-12-2-3-24(11-35-4-5-36-24)18-10-29(12)23(34)19-21(32)20(31)15(9-30(18)19)22(33)28-8-14-16(26)6-13(25)7-17(14)27/h6-7,9,12,18,32H,2-5,8,10-11H2,1H3,(H,28,33)/t12-,18+,24+/m0/s1. The Morgan fingerprint density at radius 1 is 1.22 bits per heavy atom. The molecule has 1 aromatic heterocycles. The van der Waals surface area contributed by atoms with Gasteiger partial charge in [-0.3, -0.25) is 14.4 Å². The van der Waals surface area contributed by atoms with Crippen LogP contribution < -0.4 is 10.7 Å². The number of halogens is 3. The second-order valence-electron chi connectivity index (χ2n) is 9.33. The summed E-state index contributed by atoms with van der Waals surface area (Å²) in [4.78, 5) is 40.7. The Balaban J connectivity index is 1.55. The Labute approximate surface area is 203 Å². The average Bonchev–Trinajstić information content (AvgIpc) is 2.95. The molecule has 2 fully saturated rings. The number of aromatic nitrogens is 1. The molecule has 5 rings (SSSR count). The molecule has 3 atom stereocenters. The number of nitrogens with zero attached hydrogens (tertiary/aromatic N) is 2. The summed E-state index contributed by atoms with van der Waals surface area (Å²) in [7, 11) is 0. The van der Waals surface area contributed by atoms with E-state index < -0.39 is 69.8 Å². The van der Waals surface area contributed by atoms with Gasteiger partial charge in [0.25, 0.3) is 11.8 Å². The molecule has 0 saturated carbocycles. The molecule has 12 heteroatoms. The van der Waals surface area contributed by atoms with Gasteiger partial charge in [0.2, 0.25) is 5.43 Å². The Morgan fingerprint density at radius 3 is 2.61 bits per heavy atom. The highest BCUT2D eigenvalue weighted by atomic mass is 19.1. The SMILES string of the molecule is C[C@H]1CC[C@@]2(COCCO2)[C@H]2CN1C(=O)c1c(O)c(=O)c(C(=O)NCc3c(F)cc(F)cc3F)cn12. The van der Waals surface area contributed by atoms with E-state index in [1.54, 1.807) is 4.90 Å².